The molecule has 1 aromatic rings. The van der Waals surface area contributed by atoms with Gasteiger partial charge in [0.05, 0.1) is 12.2 Å². The Labute approximate surface area is 116 Å². The zero-order valence-electron chi connectivity index (χ0n) is 11.2. The van der Waals surface area contributed by atoms with Crippen LogP contribution in [0.1, 0.15) is 13.3 Å². The summed E-state index contributed by atoms with van der Waals surface area (Å²) < 4.78 is 13.4. The Morgan fingerprint density at radius 2 is 2.15 bits per heavy atom. The predicted octanol–water partition coefficient (Wildman–Crippen LogP) is 1.56. The highest BCUT2D eigenvalue weighted by Crippen LogP contribution is 2.24. The van der Waals surface area contributed by atoms with Gasteiger partial charge in [-0.15, -0.1) is 0 Å². The Hall–Kier alpha value is -1.95. The maximum atomic E-state index is 13.4. The second-order valence-corrected chi connectivity index (χ2v) is 5.05. The maximum absolute atomic E-state index is 13.4. The zero-order valence-corrected chi connectivity index (χ0v) is 11.2. The summed E-state index contributed by atoms with van der Waals surface area (Å²) in [5, 5.41) is 11.6. The molecule has 0 bridgehead atoms. The van der Waals surface area contributed by atoms with Crippen molar-refractivity contribution >= 4 is 17.6 Å². The van der Waals surface area contributed by atoms with E-state index in [1.807, 2.05) is 6.92 Å². The molecule has 0 aromatic heterocycles. The fourth-order valence-electron chi connectivity index (χ4n) is 2.54. The monoisotopic (exact) mass is 280 g/mol. The summed E-state index contributed by atoms with van der Waals surface area (Å²) >= 11 is 0. The molecule has 108 valence electrons. The largest absolute Gasteiger partial charge is 0.480 e. The highest BCUT2D eigenvalue weighted by Gasteiger charge is 2.37. The minimum absolute atomic E-state index is 0.00811. The van der Waals surface area contributed by atoms with Gasteiger partial charge in [0.2, 0.25) is 5.91 Å². The summed E-state index contributed by atoms with van der Waals surface area (Å²) in [7, 11) is 0. The van der Waals surface area contributed by atoms with Gasteiger partial charge in [0.25, 0.3) is 0 Å². The van der Waals surface area contributed by atoms with Gasteiger partial charge in [-0.25, -0.2) is 4.39 Å². The van der Waals surface area contributed by atoms with Gasteiger partial charge >= 0.3 is 5.97 Å². The molecule has 5 nitrogen and oxygen atoms in total. The van der Waals surface area contributed by atoms with Crippen LogP contribution in [0.15, 0.2) is 24.3 Å². The van der Waals surface area contributed by atoms with E-state index in [9.17, 15) is 14.0 Å². The van der Waals surface area contributed by atoms with Crippen LogP contribution in [0.5, 0.6) is 0 Å². The van der Waals surface area contributed by atoms with E-state index in [1.165, 1.54) is 18.2 Å². The molecule has 6 heteroatoms. The molecular weight excluding hydrogens is 263 g/mol. The lowest BCUT2D eigenvalue weighted by molar-refractivity contribution is -0.143. The number of carbonyl (C=O) groups excluding carboxylic acids is 1. The SMILES string of the molecule is CC1CCN(CC(=O)Nc2ccccc2F)C1C(=O)O. The van der Waals surface area contributed by atoms with Crippen LogP contribution in [-0.4, -0.2) is 41.0 Å². The summed E-state index contributed by atoms with van der Waals surface area (Å²) in [6, 6.07) is 5.23. The number of nitrogens with one attached hydrogen (secondary N) is 1. The smallest absolute Gasteiger partial charge is 0.321 e. The van der Waals surface area contributed by atoms with Gasteiger partial charge < -0.3 is 10.4 Å². The molecule has 0 spiro atoms. The van der Waals surface area contributed by atoms with Gasteiger partial charge in [-0.1, -0.05) is 19.1 Å². The van der Waals surface area contributed by atoms with E-state index in [0.29, 0.717) is 6.54 Å². The van der Waals surface area contributed by atoms with E-state index < -0.39 is 23.7 Å². The highest BCUT2D eigenvalue weighted by molar-refractivity contribution is 5.92. The number of rotatable bonds is 4. The number of carboxylic acids is 1. The lowest BCUT2D eigenvalue weighted by atomic mass is 10.0. The van der Waals surface area contributed by atoms with E-state index in [2.05, 4.69) is 5.32 Å². The van der Waals surface area contributed by atoms with E-state index in [0.717, 1.165) is 6.42 Å². The quantitative estimate of drug-likeness (QED) is 0.878. The fourth-order valence-corrected chi connectivity index (χ4v) is 2.54. The van der Waals surface area contributed by atoms with Gasteiger partial charge in [0.15, 0.2) is 0 Å². The lowest BCUT2D eigenvalue weighted by Crippen LogP contribution is -2.43. The third kappa shape index (κ3) is 3.14. The van der Waals surface area contributed by atoms with Crippen LogP contribution in [0, 0.1) is 11.7 Å². The van der Waals surface area contributed by atoms with Crippen molar-refractivity contribution in [2.24, 2.45) is 5.92 Å². The Morgan fingerprint density at radius 1 is 1.45 bits per heavy atom. The minimum Gasteiger partial charge on any atom is -0.480 e. The molecule has 1 aliphatic rings. The molecule has 1 fully saturated rings. The van der Waals surface area contributed by atoms with Crippen molar-refractivity contribution in [3.8, 4) is 0 Å². The molecule has 2 unspecified atom stereocenters. The summed E-state index contributed by atoms with van der Waals surface area (Å²) in [6.07, 6.45) is 0.740. The number of halogens is 1. The van der Waals surface area contributed by atoms with Crippen molar-refractivity contribution in [1.29, 1.82) is 0 Å². The first-order valence-electron chi connectivity index (χ1n) is 6.50. The highest BCUT2D eigenvalue weighted by atomic mass is 19.1. The average Bonchev–Trinajstić information content (AvgIpc) is 2.73. The maximum Gasteiger partial charge on any atom is 0.321 e. The molecule has 2 N–H and O–H groups in total. The number of likely N-dealkylation sites (tertiary alicyclic amines) is 1. The van der Waals surface area contributed by atoms with Crippen LogP contribution >= 0.6 is 0 Å². The Bertz CT molecular complexity index is 521. The zero-order chi connectivity index (χ0) is 14.7. The number of hydrogen-bond acceptors (Lipinski definition) is 3. The molecular formula is C14H17FN2O3. The number of aliphatic carboxylic acids is 1. The first kappa shape index (κ1) is 14.5. The second-order valence-electron chi connectivity index (χ2n) is 5.05. The first-order valence-corrected chi connectivity index (χ1v) is 6.50. The van der Waals surface area contributed by atoms with E-state index in [4.69, 9.17) is 5.11 Å². The van der Waals surface area contributed by atoms with E-state index >= 15 is 0 Å². The number of benzene rings is 1. The van der Waals surface area contributed by atoms with Crippen LogP contribution < -0.4 is 5.32 Å². The van der Waals surface area contributed by atoms with Crippen LogP contribution in [0.25, 0.3) is 0 Å². The topological polar surface area (TPSA) is 69.6 Å². The van der Waals surface area contributed by atoms with Gasteiger partial charge in [-0.3, -0.25) is 14.5 Å². The van der Waals surface area contributed by atoms with Gasteiger partial charge in [0, 0.05) is 0 Å². The molecule has 1 heterocycles. The molecule has 1 amide bonds. The summed E-state index contributed by atoms with van der Waals surface area (Å²) in [4.78, 5) is 24.7. The number of hydrogen-bond donors (Lipinski definition) is 2. The van der Waals surface area contributed by atoms with Crippen LogP contribution in [0.2, 0.25) is 0 Å². The first-order chi connectivity index (χ1) is 9.49. The molecule has 0 radical (unpaired) electrons. The van der Waals surface area contributed by atoms with E-state index in [-0.39, 0.29) is 18.2 Å². The summed E-state index contributed by atoms with van der Waals surface area (Å²) in [5.41, 5.74) is 0.108. The van der Waals surface area contributed by atoms with Crippen LogP contribution in [0.3, 0.4) is 0 Å². The standard InChI is InChI=1S/C14H17FN2O3/c1-9-6-7-17(13(9)14(19)20)8-12(18)16-11-5-3-2-4-10(11)15/h2-5,9,13H,6-8H2,1H3,(H,16,18)(H,19,20). The third-order valence-electron chi connectivity index (χ3n) is 3.55. The van der Waals surface area contributed by atoms with Crippen molar-refractivity contribution in [1.82, 2.24) is 4.90 Å². The number of anilines is 1. The molecule has 0 aliphatic carbocycles. The number of carboxylic acid groups (broad SMARTS) is 1. The summed E-state index contributed by atoms with van der Waals surface area (Å²) in [6.45, 7) is 2.37. The van der Waals surface area contributed by atoms with Crippen LogP contribution in [-0.2, 0) is 9.59 Å². The van der Waals surface area contributed by atoms with Crippen molar-refractivity contribution in [2.75, 3.05) is 18.4 Å². The molecule has 2 rings (SSSR count). The molecule has 20 heavy (non-hydrogen) atoms. The molecule has 0 saturated carbocycles. The number of para-hydroxylation sites is 1. The van der Waals surface area contributed by atoms with Gasteiger partial charge in [-0.2, -0.15) is 0 Å². The fraction of sp³-hybridized carbons (Fsp3) is 0.429. The Balaban J connectivity index is 1.98. The molecule has 1 aliphatic heterocycles. The third-order valence-corrected chi connectivity index (χ3v) is 3.55. The van der Waals surface area contributed by atoms with Crippen molar-refractivity contribution < 1.29 is 19.1 Å². The van der Waals surface area contributed by atoms with Crippen molar-refractivity contribution in [3.05, 3.63) is 30.1 Å². The predicted molar refractivity (Wildman–Crippen MR) is 71.8 cm³/mol. The van der Waals surface area contributed by atoms with E-state index in [1.54, 1.807) is 11.0 Å². The van der Waals surface area contributed by atoms with Crippen LogP contribution in [0.4, 0.5) is 10.1 Å². The van der Waals surface area contributed by atoms with Gasteiger partial charge in [0.1, 0.15) is 11.9 Å². The summed E-state index contributed by atoms with van der Waals surface area (Å²) in [5.74, 6) is -1.83. The number of nitrogens with zero attached hydrogens (tertiary/aromatic N) is 1. The van der Waals surface area contributed by atoms with Crippen molar-refractivity contribution in [3.63, 3.8) is 0 Å². The Kier molecular flexibility index (Phi) is 4.34. The molecule has 1 saturated heterocycles. The Morgan fingerprint density at radius 3 is 2.80 bits per heavy atom. The number of amides is 1. The normalized spacial score (nSPS) is 22.7. The second kappa shape index (κ2) is 6.00. The van der Waals surface area contributed by atoms with Crippen molar-refractivity contribution in [2.45, 2.75) is 19.4 Å². The number of carbonyl (C=O) groups is 2. The van der Waals surface area contributed by atoms with Gasteiger partial charge in [-0.05, 0) is 31.0 Å². The molecule has 1 aromatic carbocycles. The minimum atomic E-state index is -0.923. The average molecular weight is 280 g/mol. The lowest BCUT2D eigenvalue weighted by Gasteiger charge is -2.22. The molecule has 2 atom stereocenters.